The third kappa shape index (κ3) is 5.25. The number of hydrogen-bond acceptors (Lipinski definition) is 6. The maximum Gasteiger partial charge on any atom is 0.262 e. The number of aliphatic hydroxyl groups is 1. The Hall–Kier alpha value is -2.52. The molecule has 7 rings (SSSR count). The van der Waals surface area contributed by atoms with E-state index in [4.69, 9.17) is 21.1 Å². The minimum atomic E-state index is -2.96. The molecule has 4 bridgehead atoms. The Labute approximate surface area is 253 Å². The number of carbonyl (C=O) groups excluding carboxylic acids is 1. The number of hydrogen-bond donors (Lipinski definition) is 2. The lowest BCUT2D eigenvalue weighted by Crippen LogP contribution is -2.52. The first-order valence-corrected chi connectivity index (χ1v) is 17.4. The van der Waals surface area contributed by atoms with Crippen molar-refractivity contribution in [2.45, 2.75) is 62.1 Å². The fourth-order valence-electron chi connectivity index (χ4n) is 7.86. The van der Waals surface area contributed by atoms with Crippen LogP contribution in [0.1, 0.15) is 60.0 Å². The molecule has 0 radical (unpaired) electrons. The number of nitrogens with zero attached hydrogens (tertiary/aromatic N) is 1. The second-order valence-electron chi connectivity index (χ2n) is 13.1. The number of rotatable bonds is 0. The molecule has 1 unspecified atom stereocenters. The van der Waals surface area contributed by atoms with Crippen molar-refractivity contribution >= 4 is 38.8 Å². The molecule has 1 spiro atoms. The van der Waals surface area contributed by atoms with E-state index >= 15 is 0 Å². The second-order valence-corrected chi connectivity index (χ2v) is 15.7. The Morgan fingerprint density at radius 3 is 2.88 bits per heavy atom. The molecule has 3 aliphatic heterocycles. The lowest BCUT2D eigenvalue weighted by atomic mass is 9.66. The number of ether oxygens (including phenoxy) is 2. The van der Waals surface area contributed by atoms with Gasteiger partial charge >= 0.3 is 0 Å². The average molecular weight is 611 g/mol. The maximum atomic E-state index is 13.4. The number of halogens is 1. The summed E-state index contributed by atoms with van der Waals surface area (Å²) in [5, 5.41) is 12.2. The summed E-state index contributed by atoms with van der Waals surface area (Å²) < 4.78 is 28.8. The van der Waals surface area contributed by atoms with Crippen molar-refractivity contribution in [1.82, 2.24) is 4.72 Å². The van der Waals surface area contributed by atoms with Crippen LogP contribution in [-0.2, 0) is 26.3 Å². The van der Waals surface area contributed by atoms with Gasteiger partial charge in [-0.2, -0.15) is 0 Å². The molecule has 2 aromatic rings. The van der Waals surface area contributed by atoms with Gasteiger partial charge < -0.3 is 19.5 Å². The zero-order valence-corrected chi connectivity index (χ0v) is 25.4. The van der Waals surface area contributed by atoms with Gasteiger partial charge in [0.1, 0.15) is 5.75 Å². The van der Waals surface area contributed by atoms with Crippen molar-refractivity contribution in [3.63, 3.8) is 0 Å². The topological polar surface area (TPSA) is 88.1 Å². The summed E-state index contributed by atoms with van der Waals surface area (Å²) in [7, 11) is -2.96. The van der Waals surface area contributed by atoms with E-state index < -0.39 is 21.2 Å². The van der Waals surface area contributed by atoms with Gasteiger partial charge in [-0.05, 0) is 91.3 Å². The lowest BCUT2D eigenvalue weighted by molar-refractivity contribution is -0.125. The first kappa shape index (κ1) is 28.3. The SMILES string of the molecule is C=S1(=O)C/C=C/[C@]2(O)CCO[C@@H](C2)[C@@H]2CC[C@H]2CN2C[C@@]3(CCCc4cc(Cl)ccc43)COc3ccc(cc32)C(=O)N1. The fraction of sp³-hybridized carbons (Fsp3) is 0.515. The molecule has 42 heavy (non-hydrogen) atoms. The molecule has 0 aromatic heterocycles. The number of amides is 1. The van der Waals surface area contributed by atoms with Gasteiger partial charge in [0, 0.05) is 41.9 Å². The largest absolute Gasteiger partial charge is 0.490 e. The first-order valence-electron chi connectivity index (χ1n) is 15.1. The van der Waals surface area contributed by atoms with Crippen LogP contribution in [0.15, 0.2) is 48.6 Å². The lowest BCUT2D eigenvalue weighted by Gasteiger charge is -2.48. The smallest absolute Gasteiger partial charge is 0.262 e. The molecular formula is C33H39ClN2O5S. The van der Waals surface area contributed by atoms with Crippen LogP contribution in [0.2, 0.25) is 5.02 Å². The van der Waals surface area contributed by atoms with Crippen LogP contribution in [0, 0.1) is 11.8 Å². The molecule has 7 nitrogen and oxygen atoms in total. The van der Waals surface area contributed by atoms with Gasteiger partial charge in [-0.3, -0.25) is 9.52 Å². The number of nitrogens with one attached hydrogen (secondary N) is 1. The summed E-state index contributed by atoms with van der Waals surface area (Å²) in [5.74, 6) is 4.91. The zero-order chi connectivity index (χ0) is 29.1. The van der Waals surface area contributed by atoms with Crippen molar-refractivity contribution < 1.29 is 23.6 Å². The van der Waals surface area contributed by atoms with E-state index in [9.17, 15) is 14.1 Å². The van der Waals surface area contributed by atoms with E-state index in [1.54, 1.807) is 18.2 Å². The van der Waals surface area contributed by atoms with Gasteiger partial charge in [0.25, 0.3) is 5.91 Å². The van der Waals surface area contributed by atoms with Gasteiger partial charge in [0.2, 0.25) is 0 Å². The molecule has 224 valence electrons. The number of anilines is 1. The van der Waals surface area contributed by atoms with Crippen molar-refractivity contribution in [3.05, 3.63) is 70.3 Å². The molecule has 6 atom stereocenters. The summed E-state index contributed by atoms with van der Waals surface area (Å²) in [6.07, 6.45) is 9.62. The molecule has 3 heterocycles. The minimum absolute atomic E-state index is 0.0376. The third-order valence-corrected chi connectivity index (χ3v) is 11.7. The predicted molar refractivity (Wildman–Crippen MR) is 167 cm³/mol. The van der Waals surface area contributed by atoms with Crippen LogP contribution in [0.3, 0.4) is 0 Å². The summed E-state index contributed by atoms with van der Waals surface area (Å²) in [6, 6.07) is 11.7. The summed E-state index contributed by atoms with van der Waals surface area (Å²) >= 11 is 6.41. The molecule has 1 saturated heterocycles. The number of carbonyl (C=O) groups is 1. The highest BCUT2D eigenvalue weighted by atomic mass is 35.5. The quantitative estimate of drug-likeness (QED) is 0.333. The standard InChI is InChI=1S/C33H39ClN2O5S/c1-42(39)15-3-12-33(38)13-14-40-30(18-33)26-8-5-24(26)19-36-20-32(11-2-4-22-16-25(34)7-9-27(22)32)21-41-29-10-6-23(17-28(29)36)31(37)35-42/h3,6-7,9-10,12,16-17,24,26,30,38H,1-2,4-5,8,11,13-15,18-21H2,(H,35,37,39)/b12-3+/t24-,26+,30-,32-,33-,42?/m0/s1. The highest BCUT2D eigenvalue weighted by molar-refractivity contribution is 7.99. The van der Waals surface area contributed by atoms with Gasteiger partial charge in [0.15, 0.2) is 0 Å². The van der Waals surface area contributed by atoms with Crippen molar-refractivity contribution in [1.29, 1.82) is 0 Å². The molecule has 2 aromatic carbocycles. The Morgan fingerprint density at radius 2 is 2.05 bits per heavy atom. The number of fused-ring (bicyclic) bond motifs is 7. The van der Waals surface area contributed by atoms with Gasteiger partial charge in [-0.1, -0.05) is 29.8 Å². The van der Waals surface area contributed by atoms with Crippen molar-refractivity contribution in [3.8, 4) is 5.75 Å². The van der Waals surface area contributed by atoms with Crippen LogP contribution < -0.4 is 14.4 Å². The van der Waals surface area contributed by atoms with E-state index in [0.717, 1.165) is 61.7 Å². The van der Waals surface area contributed by atoms with Crippen LogP contribution in [-0.4, -0.2) is 64.9 Å². The third-order valence-electron chi connectivity index (χ3n) is 10.2. The maximum absolute atomic E-state index is 13.4. The normalized spacial score (nSPS) is 36.9. The second kappa shape index (κ2) is 10.6. The number of aryl methyl sites for hydroxylation is 1. The Balaban J connectivity index is 1.30. The van der Waals surface area contributed by atoms with Crippen LogP contribution in [0.5, 0.6) is 5.75 Å². The van der Waals surface area contributed by atoms with E-state index in [0.29, 0.717) is 43.5 Å². The van der Waals surface area contributed by atoms with E-state index in [-0.39, 0.29) is 17.3 Å². The number of benzene rings is 2. The Morgan fingerprint density at radius 1 is 1.17 bits per heavy atom. The summed E-state index contributed by atoms with van der Waals surface area (Å²) in [5.41, 5.74) is 2.65. The molecule has 9 heteroatoms. The first-order chi connectivity index (χ1) is 20.1. The molecule has 2 aliphatic carbocycles. The zero-order valence-electron chi connectivity index (χ0n) is 23.9. The van der Waals surface area contributed by atoms with Crippen molar-refractivity contribution in [2.75, 3.05) is 37.0 Å². The van der Waals surface area contributed by atoms with Crippen LogP contribution in [0.4, 0.5) is 5.69 Å². The van der Waals surface area contributed by atoms with Gasteiger partial charge in [0.05, 0.1) is 46.1 Å². The molecule has 5 aliphatic rings. The highest BCUT2D eigenvalue weighted by Gasteiger charge is 2.46. The van der Waals surface area contributed by atoms with E-state index in [1.165, 1.54) is 11.1 Å². The monoisotopic (exact) mass is 610 g/mol. The molecule has 2 fully saturated rings. The molecular weight excluding hydrogens is 572 g/mol. The van der Waals surface area contributed by atoms with Gasteiger partial charge in [-0.15, -0.1) is 0 Å². The van der Waals surface area contributed by atoms with E-state index in [1.807, 2.05) is 18.2 Å². The Kier molecular flexibility index (Phi) is 7.12. The van der Waals surface area contributed by atoms with Gasteiger partial charge in [-0.25, -0.2) is 4.21 Å². The van der Waals surface area contributed by atoms with E-state index in [2.05, 4.69) is 27.6 Å². The predicted octanol–water partition coefficient (Wildman–Crippen LogP) is 4.68. The summed E-state index contributed by atoms with van der Waals surface area (Å²) in [4.78, 5) is 15.8. The Bertz CT molecular complexity index is 1540. The van der Waals surface area contributed by atoms with Crippen molar-refractivity contribution in [2.24, 2.45) is 11.8 Å². The van der Waals surface area contributed by atoms with Crippen LogP contribution >= 0.6 is 11.6 Å². The fourth-order valence-corrected chi connectivity index (χ4v) is 9.01. The molecule has 1 saturated carbocycles. The highest BCUT2D eigenvalue weighted by Crippen LogP contribution is 2.48. The minimum Gasteiger partial charge on any atom is -0.490 e. The summed E-state index contributed by atoms with van der Waals surface area (Å²) in [6.45, 7) is 2.59. The molecule has 2 N–H and O–H groups in total. The molecule has 1 amide bonds. The van der Waals surface area contributed by atoms with Crippen LogP contribution in [0.25, 0.3) is 0 Å². The average Bonchev–Trinajstić information content (AvgIpc) is 3.07.